The van der Waals surface area contributed by atoms with Crippen molar-refractivity contribution in [1.82, 2.24) is 0 Å². The molecule has 1 amide bonds. The maximum atomic E-state index is 13.4. The molecule has 2 N–H and O–H groups in total. The van der Waals surface area contributed by atoms with Crippen molar-refractivity contribution in [3.05, 3.63) is 40.5 Å². The van der Waals surface area contributed by atoms with Crippen molar-refractivity contribution < 1.29 is 28.6 Å². The second-order valence-corrected chi connectivity index (χ2v) is 8.93. The number of hydrogen-bond acceptors (Lipinski definition) is 5. The monoisotopic (exact) mass is 447 g/mol. The first kappa shape index (κ1) is 22.9. The summed E-state index contributed by atoms with van der Waals surface area (Å²) >= 11 is 1.23. The van der Waals surface area contributed by atoms with Crippen LogP contribution in [0.3, 0.4) is 0 Å². The van der Waals surface area contributed by atoms with Gasteiger partial charge in [0.1, 0.15) is 16.4 Å². The van der Waals surface area contributed by atoms with Crippen molar-refractivity contribution in [3.63, 3.8) is 0 Å². The SMILES string of the molecule is CCCOC(=O)c1c(NC(=O)[C@H]2CCCC[C@@H]2C(=O)O)sc(C)c1-c1ccc(F)cc1. The summed E-state index contributed by atoms with van der Waals surface area (Å²) in [4.78, 5) is 38.3. The van der Waals surface area contributed by atoms with E-state index in [1.165, 1.54) is 23.5 Å². The van der Waals surface area contributed by atoms with Crippen LogP contribution in [-0.2, 0) is 14.3 Å². The number of thiophene rings is 1. The van der Waals surface area contributed by atoms with Gasteiger partial charge in [0.2, 0.25) is 5.91 Å². The number of nitrogens with one attached hydrogen (secondary N) is 1. The molecule has 1 aliphatic carbocycles. The van der Waals surface area contributed by atoms with Crippen molar-refractivity contribution in [2.75, 3.05) is 11.9 Å². The summed E-state index contributed by atoms with van der Waals surface area (Å²) in [6.07, 6.45) is 3.17. The zero-order valence-corrected chi connectivity index (χ0v) is 18.4. The van der Waals surface area contributed by atoms with Crippen molar-refractivity contribution >= 4 is 34.2 Å². The van der Waals surface area contributed by atoms with Crippen LogP contribution in [-0.4, -0.2) is 29.6 Å². The standard InChI is InChI=1S/C23H26FNO5S/c1-3-12-30-23(29)19-18(14-8-10-15(24)11-9-14)13(2)31-21(19)25-20(26)16-6-4-5-7-17(16)22(27)28/h8-11,16-17H,3-7,12H2,1-2H3,(H,25,26)(H,27,28)/t16-,17-/m0/s1. The number of benzene rings is 1. The van der Waals surface area contributed by atoms with E-state index >= 15 is 0 Å². The lowest BCUT2D eigenvalue weighted by molar-refractivity contribution is -0.147. The minimum Gasteiger partial charge on any atom is -0.481 e. The first-order chi connectivity index (χ1) is 14.8. The highest BCUT2D eigenvalue weighted by atomic mass is 32.1. The van der Waals surface area contributed by atoms with Gasteiger partial charge in [-0.25, -0.2) is 9.18 Å². The Labute approximate surface area is 184 Å². The van der Waals surface area contributed by atoms with E-state index < -0.39 is 35.5 Å². The fourth-order valence-electron chi connectivity index (χ4n) is 4.00. The number of ether oxygens (including phenoxy) is 1. The lowest BCUT2D eigenvalue weighted by atomic mass is 9.78. The number of carboxylic acid groups (broad SMARTS) is 1. The Hall–Kier alpha value is -2.74. The summed E-state index contributed by atoms with van der Waals surface area (Å²) in [7, 11) is 0. The second kappa shape index (κ2) is 10.0. The van der Waals surface area contributed by atoms with Crippen LogP contribution in [0.15, 0.2) is 24.3 Å². The van der Waals surface area contributed by atoms with Crippen LogP contribution in [0.4, 0.5) is 9.39 Å². The van der Waals surface area contributed by atoms with Gasteiger partial charge in [0.25, 0.3) is 0 Å². The highest BCUT2D eigenvalue weighted by Gasteiger charge is 2.37. The van der Waals surface area contributed by atoms with Crippen LogP contribution in [0, 0.1) is 24.6 Å². The molecule has 1 aliphatic rings. The number of amides is 1. The van der Waals surface area contributed by atoms with E-state index in [1.807, 2.05) is 13.8 Å². The minimum absolute atomic E-state index is 0.221. The molecule has 2 aromatic rings. The number of anilines is 1. The van der Waals surface area contributed by atoms with Crippen LogP contribution >= 0.6 is 11.3 Å². The number of carbonyl (C=O) groups is 3. The molecule has 2 atom stereocenters. The third-order valence-electron chi connectivity index (χ3n) is 5.52. The van der Waals surface area contributed by atoms with Gasteiger partial charge in [0, 0.05) is 10.4 Å². The quantitative estimate of drug-likeness (QED) is 0.565. The Morgan fingerprint density at radius 3 is 2.42 bits per heavy atom. The normalized spacial score (nSPS) is 18.4. The van der Waals surface area contributed by atoms with E-state index in [-0.39, 0.29) is 12.2 Å². The lowest BCUT2D eigenvalue weighted by Gasteiger charge is -2.27. The average molecular weight is 448 g/mol. The fraction of sp³-hybridized carbons (Fsp3) is 0.435. The molecule has 8 heteroatoms. The number of rotatable bonds is 7. The fourth-order valence-corrected chi connectivity index (χ4v) is 5.07. The smallest absolute Gasteiger partial charge is 0.341 e. The van der Waals surface area contributed by atoms with E-state index in [0.29, 0.717) is 35.4 Å². The van der Waals surface area contributed by atoms with Gasteiger partial charge in [0.15, 0.2) is 0 Å². The molecule has 1 aromatic carbocycles. The summed E-state index contributed by atoms with van der Waals surface area (Å²) < 4.78 is 18.8. The van der Waals surface area contributed by atoms with Gasteiger partial charge in [-0.3, -0.25) is 9.59 Å². The highest BCUT2D eigenvalue weighted by molar-refractivity contribution is 7.17. The molecule has 0 saturated heterocycles. The number of aryl methyl sites for hydroxylation is 1. The Morgan fingerprint density at radius 2 is 1.81 bits per heavy atom. The second-order valence-electron chi connectivity index (χ2n) is 7.71. The average Bonchev–Trinajstić information content (AvgIpc) is 3.08. The molecule has 6 nitrogen and oxygen atoms in total. The minimum atomic E-state index is -0.975. The number of carbonyl (C=O) groups excluding carboxylic acids is 2. The van der Waals surface area contributed by atoms with Crippen LogP contribution in [0.2, 0.25) is 0 Å². The zero-order valence-electron chi connectivity index (χ0n) is 17.6. The molecule has 0 spiro atoms. The van der Waals surface area contributed by atoms with Crippen molar-refractivity contribution in [2.24, 2.45) is 11.8 Å². The summed E-state index contributed by atoms with van der Waals surface area (Å²) in [5.74, 6) is -3.72. The molecule has 166 valence electrons. The summed E-state index contributed by atoms with van der Waals surface area (Å²) in [6, 6.07) is 5.78. The summed E-state index contributed by atoms with van der Waals surface area (Å²) in [5.41, 5.74) is 1.44. The first-order valence-corrected chi connectivity index (χ1v) is 11.2. The van der Waals surface area contributed by atoms with Crippen LogP contribution in [0.1, 0.15) is 54.3 Å². The molecule has 1 heterocycles. The van der Waals surface area contributed by atoms with Crippen LogP contribution < -0.4 is 5.32 Å². The predicted molar refractivity (Wildman–Crippen MR) is 117 cm³/mol. The Kier molecular flexibility index (Phi) is 7.43. The van der Waals surface area contributed by atoms with E-state index in [1.54, 1.807) is 12.1 Å². The number of hydrogen-bond donors (Lipinski definition) is 2. The third kappa shape index (κ3) is 5.12. The molecule has 0 unspecified atom stereocenters. The van der Waals surface area contributed by atoms with Gasteiger partial charge in [-0.15, -0.1) is 11.3 Å². The maximum absolute atomic E-state index is 13.4. The first-order valence-electron chi connectivity index (χ1n) is 10.4. The Bertz CT molecular complexity index is 969. The summed E-state index contributed by atoms with van der Waals surface area (Å²) in [5, 5.41) is 12.6. The third-order valence-corrected chi connectivity index (χ3v) is 6.54. The van der Waals surface area contributed by atoms with Gasteiger partial charge >= 0.3 is 11.9 Å². The molecule has 31 heavy (non-hydrogen) atoms. The Morgan fingerprint density at radius 1 is 1.16 bits per heavy atom. The van der Waals surface area contributed by atoms with Gasteiger partial charge in [-0.2, -0.15) is 0 Å². The van der Waals surface area contributed by atoms with Crippen molar-refractivity contribution in [3.8, 4) is 11.1 Å². The number of halogens is 1. The Balaban J connectivity index is 1.98. The molecular weight excluding hydrogens is 421 g/mol. The van der Waals surface area contributed by atoms with Gasteiger partial charge in [0.05, 0.1) is 18.4 Å². The van der Waals surface area contributed by atoms with Crippen molar-refractivity contribution in [1.29, 1.82) is 0 Å². The topological polar surface area (TPSA) is 92.7 Å². The summed E-state index contributed by atoms with van der Waals surface area (Å²) in [6.45, 7) is 3.93. The van der Waals surface area contributed by atoms with Crippen LogP contribution in [0.5, 0.6) is 0 Å². The maximum Gasteiger partial charge on any atom is 0.341 e. The number of esters is 1. The zero-order chi connectivity index (χ0) is 22.5. The molecule has 0 radical (unpaired) electrons. The van der Waals surface area contributed by atoms with Gasteiger partial charge in [-0.05, 0) is 43.9 Å². The van der Waals surface area contributed by atoms with Crippen molar-refractivity contribution in [2.45, 2.75) is 46.0 Å². The van der Waals surface area contributed by atoms with E-state index in [9.17, 15) is 23.9 Å². The van der Waals surface area contributed by atoms with E-state index in [2.05, 4.69) is 5.32 Å². The van der Waals surface area contributed by atoms with Gasteiger partial charge in [-0.1, -0.05) is 31.9 Å². The number of carboxylic acids is 1. The largest absolute Gasteiger partial charge is 0.481 e. The lowest BCUT2D eigenvalue weighted by Crippen LogP contribution is -2.36. The molecular formula is C23H26FNO5S. The highest BCUT2D eigenvalue weighted by Crippen LogP contribution is 2.41. The van der Waals surface area contributed by atoms with Crippen LogP contribution in [0.25, 0.3) is 11.1 Å². The van der Waals surface area contributed by atoms with Gasteiger partial charge < -0.3 is 15.2 Å². The molecule has 3 rings (SSSR count). The molecule has 0 aliphatic heterocycles. The van der Waals surface area contributed by atoms with E-state index in [4.69, 9.17) is 4.74 Å². The molecule has 1 saturated carbocycles. The van der Waals surface area contributed by atoms with E-state index in [0.717, 1.165) is 17.7 Å². The molecule has 1 aromatic heterocycles. The molecule has 1 fully saturated rings. The number of aliphatic carboxylic acids is 1. The molecule has 0 bridgehead atoms. The predicted octanol–water partition coefficient (Wildman–Crippen LogP) is 5.26.